The molecule has 1 unspecified atom stereocenters. The third-order valence-electron chi connectivity index (χ3n) is 6.77. The summed E-state index contributed by atoms with van der Waals surface area (Å²) in [7, 11) is 0. The lowest BCUT2D eigenvalue weighted by molar-refractivity contribution is -0.159. The third-order valence-corrected chi connectivity index (χ3v) is 6.77. The molecule has 164 valence electrons. The van der Waals surface area contributed by atoms with Gasteiger partial charge in [-0.3, -0.25) is 14.5 Å². The van der Waals surface area contributed by atoms with Gasteiger partial charge in [0.15, 0.2) is 0 Å². The quantitative estimate of drug-likeness (QED) is 0.582. The largest absolute Gasteiger partial charge is 0.458 e. The van der Waals surface area contributed by atoms with E-state index in [1.165, 1.54) is 4.90 Å². The average Bonchev–Trinajstić information content (AvgIpc) is 3.51. The first-order valence-corrected chi connectivity index (χ1v) is 11.0. The van der Waals surface area contributed by atoms with Crippen LogP contribution in [0.4, 0.5) is 5.69 Å². The summed E-state index contributed by atoms with van der Waals surface area (Å²) >= 11 is 0. The molecule has 2 fully saturated rings. The molecule has 0 spiro atoms. The Morgan fingerprint density at radius 1 is 1.15 bits per heavy atom. The number of para-hydroxylation sites is 1. The molecular weight excluding hydrogens is 420 g/mol. The highest BCUT2D eigenvalue weighted by molar-refractivity contribution is 6.15. The van der Waals surface area contributed by atoms with Crippen molar-refractivity contribution < 1.29 is 19.1 Å². The number of esters is 1. The first kappa shape index (κ1) is 19.6. The fourth-order valence-electron chi connectivity index (χ4n) is 5.19. The Labute approximate surface area is 189 Å². The lowest BCUT2D eigenvalue weighted by Crippen LogP contribution is -2.69. The van der Waals surface area contributed by atoms with Gasteiger partial charge in [0.25, 0.3) is 5.91 Å². The summed E-state index contributed by atoms with van der Waals surface area (Å²) in [6.45, 7) is -0.123. The molecule has 3 aliphatic rings. The second kappa shape index (κ2) is 6.94. The molecule has 3 aromatic rings. The van der Waals surface area contributed by atoms with Crippen LogP contribution in [0.2, 0.25) is 0 Å². The van der Waals surface area contributed by atoms with Crippen molar-refractivity contribution in [3.63, 3.8) is 0 Å². The minimum atomic E-state index is -1.49. The topological polar surface area (TPSA) is 95.1 Å². The van der Waals surface area contributed by atoms with Crippen LogP contribution in [0.5, 0.6) is 0 Å². The Bertz CT molecular complexity index is 1380. The number of pyridine rings is 1. The maximum atomic E-state index is 13.7. The summed E-state index contributed by atoms with van der Waals surface area (Å²) < 4.78 is 7.58. The highest BCUT2D eigenvalue weighted by Crippen LogP contribution is 2.49. The van der Waals surface area contributed by atoms with Gasteiger partial charge in [-0.25, -0.2) is 4.79 Å². The van der Waals surface area contributed by atoms with Crippen molar-refractivity contribution in [1.82, 2.24) is 9.30 Å². The molecule has 8 heteroatoms. The van der Waals surface area contributed by atoms with Gasteiger partial charge >= 0.3 is 5.97 Å². The summed E-state index contributed by atoms with van der Waals surface area (Å²) in [6.07, 6.45) is 5.49. The van der Waals surface area contributed by atoms with Gasteiger partial charge in [-0.1, -0.05) is 18.2 Å². The van der Waals surface area contributed by atoms with E-state index in [0.29, 0.717) is 22.4 Å². The molecule has 1 saturated carbocycles. The second-order valence-corrected chi connectivity index (χ2v) is 8.68. The van der Waals surface area contributed by atoms with Crippen LogP contribution in [-0.4, -0.2) is 38.8 Å². The number of carbonyl (C=O) groups excluding carboxylic acids is 3. The zero-order chi connectivity index (χ0) is 22.7. The summed E-state index contributed by atoms with van der Waals surface area (Å²) in [4.78, 5) is 43.3. The van der Waals surface area contributed by atoms with E-state index in [1.807, 2.05) is 28.8 Å². The molecule has 2 aliphatic heterocycles. The van der Waals surface area contributed by atoms with Crippen LogP contribution in [0.3, 0.4) is 0 Å². The van der Waals surface area contributed by atoms with E-state index in [9.17, 15) is 19.6 Å². The molecule has 0 bridgehead atoms. The Kier molecular flexibility index (Phi) is 4.11. The summed E-state index contributed by atoms with van der Waals surface area (Å²) in [5.41, 5.74) is 1.12. The molecule has 1 aromatic carbocycles. The number of fused-ring (bicyclic) bond motifs is 4. The minimum absolute atomic E-state index is 0.0986. The number of benzene rings is 1. The summed E-state index contributed by atoms with van der Waals surface area (Å²) in [6, 6.07) is 14.5. The van der Waals surface area contributed by atoms with Crippen molar-refractivity contribution >= 4 is 29.0 Å². The van der Waals surface area contributed by atoms with Crippen molar-refractivity contribution in [3.8, 4) is 6.07 Å². The van der Waals surface area contributed by atoms with Crippen molar-refractivity contribution in [2.45, 2.75) is 44.0 Å². The monoisotopic (exact) mass is 440 g/mol. The van der Waals surface area contributed by atoms with Gasteiger partial charge in [-0.15, -0.1) is 0 Å². The number of hydrogen-bond acceptors (Lipinski definition) is 5. The van der Waals surface area contributed by atoms with Gasteiger partial charge in [-0.05, 0) is 37.1 Å². The van der Waals surface area contributed by atoms with Crippen molar-refractivity contribution in [2.75, 3.05) is 4.90 Å². The Morgan fingerprint density at radius 3 is 2.73 bits per heavy atom. The number of hydrogen-bond donors (Lipinski definition) is 0. The second-order valence-electron chi connectivity index (χ2n) is 8.68. The normalized spacial score (nSPS) is 21.7. The van der Waals surface area contributed by atoms with Crippen LogP contribution in [0, 0.1) is 11.3 Å². The van der Waals surface area contributed by atoms with Crippen molar-refractivity contribution in [3.05, 3.63) is 71.5 Å². The van der Waals surface area contributed by atoms with Gasteiger partial charge < -0.3 is 14.0 Å². The molecule has 6 rings (SSSR count). The van der Waals surface area contributed by atoms with Gasteiger partial charge in [0, 0.05) is 36.8 Å². The predicted molar refractivity (Wildman–Crippen MR) is 117 cm³/mol. The number of ether oxygens (including phenoxy) is 1. The zero-order valence-electron chi connectivity index (χ0n) is 17.7. The van der Waals surface area contributed by atoms with Crippen molar-refractivity contribution in [2.24, 2.45) is 0 Å². The first-order chi connectivity index (χ1) is 16.1. The first-order valence-electron chi connectivity index (χ1n) is 11.0. The standard InChI is InChI=1S/C25H20N4O4/c26-13-19-16(14-27-12-4-3-6-20(19)27)15-33-24(32)25-11-10-22(30)29(25)21-7-2-1-5-18(21)23(31)28(25)17-8-9-17/h1-7,12,14,17H,8-11,15H2. The van der Waals surface area contributed by atoms with E-state index in [4.69, 9.17) is 4.74 Å². The number of amides is 2. The van der Waals surface area contributed by atoms with Crippen molar-refractivity contribution in [1.29, 1.82) is 5.26 Å². The van der Waals surface area contributed by atoms with E-state index in [1.54, 1.807) is 35.4 Å². The predicted octanol–water partition coefficient (Wildman–Crippen LogP) is 3.00. The number of nitriles is 1. The number of anilines is 1. The average molecular weight is 440 g/mol. The van der Waals surface area contributed by atoms with Gasteiger partial charge in [0.1, 0.15) is 12.7 Å². The van der Waals surface area contributed by atoms with Gasteiger partial charge in [0.2, 0.25) is 11.6 Å². The smallest absolute Gasteiger partial charge is 0.354 e. The summed E-state index contributed by atoms with van der Waals surface area (Å²) in [5, 5.41) is 9.66. The SMILES string of the molecule is N#Cc1c(COC(=O)C23CCC(=O)N2c2ccccc2C(=O)N3C2CC2)cn2ccccc12. The highest BCUT2D eigenvalue weighted by atomic mass is 16.5. The number of nitrogens with zero attached hydrogens (tertiary/aromatic N) is 4. The maximum Gasteiger partial charge on any atom is 0.354 e. The third kappa shape index (κ3) is 2.65. The molecule has 2 amide bonds. The lowest BCUT2D eigenvalue weighted by Gasteiger charge is -2.48. The molecule has 0 radical (unpaired) electrons. The van der Waals surface area contributed by atoms with Gasteiger partial charge in [0.05, 0.1) is 22.3 Å². The van der Waals surface area contributed by atoms with E-state index >= 15 is 0 Å². The van der Waals surface area contributed by atoms with Crippen LogP contribution < -0.4 is 4.90 Å². The maximum absolute atomic E-state index is 13.7. The zero-order valence-corrected chi connectivity index (χ0v) is 17.7. The summed E-state index contributed by atoms with van der Waals surface area (Å²) in [5.74, 6) is -1.09. The molecule has 33 heavy (non-hydrogen) atoms. The molecular formula is C25H20N4O4. The Morgan fingerprint density at radius 2 is 1.94 bits per heavy atom. The minimum Gasteiger partial charge on any atom is -0.458 e. The van der Waals surface area contributed by atoms with E-state index < -0.39 is 11.6 Å². The number of rotatable bonds is 4. The van der Waals surface area contributed by atoms with Gasteiger partial charge in [-0.2, -0.15) is 5.26 Å². The lowest BCUT2D eigenvalue weighted by atomic mass is 9.96. The highest BCUT2D eigenvalue weighted by Gasteiger charge is 2.64. The van der Waals surface area contributed by atoms with Crippen LogP contribution in [0.1, 0.15) is 47.2 Å². The van der Waals surface area contributed by atoms with E-state index in [0.717, 1.165) is 18.4 Å². The molecule has 2 aromatic heterocycles. The molecule has 4 heterocycles. The van der Waals surface area contributed by atoms with E-state index in [-0.39, 0.29) is 37.3 Å². The Balaban J connectivity index is 1.40. The number of aromatic nitrogens is 1. The van der Waals surface area contributed by atoms with Crippen LogP contribution in [-0.2, 0) is 20.9 Å². The van der Waals surface area contributed by atoms with Crippen LogP contribution in [0.25, 0.3) is 5.52 Å². The molecule has 1 saturated heterocycles. The fraction of sp³-hybridized carbons (Fsp3) is 0.280. The molecule has 8 nitrogen and oxygen atoms in total. The Hall–Kier alpha value is -4.12. The van der Waals surface area contributed by atoms with Crippen LogP contribution in [0.15, 0.2) is 54.9 Å². The van der Waals surface area contributed by atoms with E-state index in [2.05, 4.69) is 6.07 Å². The molecule has 0 N–H and O–H groups in total. The molecule has 1 atom stereocenters. The van der Waals surface area contributed by atoms with Crippen LogP contribution >= 0.6 is 0 Å². The molecule has 1 aliphatic carbocycles. The number of carbonyl (C=O) groups is 3. The fourth-order valence-corrected chi connectivity index (χ4v) is 5.19.